The molecule has 78 valence electrons. The molecule has 1 aromatic rings. The van der Waals surface area contributed by atoms with Crippen LogP contribution in [0.3, 0.4) is 0 Å². The second kappa shape index (κ2) is 5.71. The molecule has 0 fully saturated rings. The summed E-state index contributed by atoms with van der Waals surface area (Å²) >= 11 is 0. The molecular weight excluding hydrogens is 190 g/mol. The summed E-state index contributed by atoms with van der Waals surface area (Å²) in [5.41, 5.74) is 0.765. The first-order valence-electron chi connectivity index (χ1n) is 4.63. The fraction of sp³-hybridized carbons (Fsp3) is 0.250. The van der Waals surface area contributed by atoms with E-state index in [1.807, 2.05) is 44.2 Å². The van der Waals surface area contributed by atoms with Gasteiger partial charge in [-0.1, -0.05) is 6.42 Å². The van der Waals surface area contributed by atoms with E-state index in [0.717, 1.165) is 11.4 Å². The average Bonchev–Trinajstić information content (AvgIpc) is 2.20. The van der Waals surface area contributed by atoms with Crippen molar-refractivity contribution < 1.29 is 9.47 Å². The molecule has 0 atom stereocenters. The van der Waals surface area contributed by atoms with Gasteiger partial charge in [0.1, 0.15) is 11.9 Å². The van der Waals surface area contributed by atoms with Crippen molar-refractivity contribution in [3.8, 4) is 18.3 Å². The summed E-state index contributed by atoms with van der Waals surface area (Å²) in [5.74, 6) is 0.821. The zero-order chi connectivity index (χ0) is 11.1. The molecule has 0 bridgehead atoms. The molecule has 0 amide bonds. The summed E-state index contributed by atoms with van der Waals surface area (Å²) in [4.78, 5) is 3.97. The number of aliphatic imine (C=N–C) groups is 1. The minimum Gasteiger partial charge on any atom is -0.491 e. The number of hydrogen-bond donors (Lipinski definition) is 0. The molecule has 0 saturated heterocycles. The second-order valence-corrected chi connectivity index (χ2v) is 3.13. The lowest BCUT2D eigenvalue weighted by Crippen LogP contribution is -2.04. The first-order chi connectivity index (χ1) is 7.22. The monoisotopic (exact) mass is 203 g/mol. The van der Waals surface area contributed by atoms with Gasteiger partial charge in [0, 0.05) is 0 Å². The third-order valence-corrected chi connectivity index (χ3v) is 1.53. The normalized spacial score (nSPS) is 10.3. The minimum atomic E-state index is 0.170. The van der Waals surface area contributed by atoms with Crippen LogP contribution in [0.1, 0.15) is 13.8 Å². The highest BCUT2D eigenvalue weighted by atomic mass is 16.5. The third-order valence-electron chi connectivity index (χ3n) is 1.53. The maximum atomic E-state index is 5.48. The Morgan fingerprint density at radius 2 is 2.00 bits per heavy atom. The summed E-state index contributed by atoms with van der Waals surface area (Å²) in [5, 5.41) is 0. The van der Waals surface area contributed by atoms with Crippen LogP contribution in [0.25, 0.3) is 0 Å². The van der Waals surface area contributed by atoms with E-state index in [4.69, 9.17) is 11.2 Å². The lowest BCUT2D eigenvalue weighted by atomic mass is 10.3. The Balaban J connectivity index is 2.61. The van der Waals surface area contributed by atoms with E-state index >= 15 is 0 Å². The van der Waals surface area contributed by atoms with E-state index in [1.54, 1.807) is 0 Å². The van der Waals surface area contributed by atoms with Crippen LogP contribution in [-0.2, 0) is 4.74 Å². The van der Waals surface area contributed by atoms with Crippen LogP contribution in [0.2, 0.25) is 0 Å². The molecule has 0 N–H and O–H groups in total. The topological polar surface area (TPSA) is 30.8 Å². The summed E-state index contributed by atoms with van der Waals surface area (Å²) in [7, 11) is 0. The van der Waals surface area contributed by atoms with Gasteiger partial charge in [0.05, 0.1) is 11.8 Å². The SMILES string of the molecule is C#COC=Nc1ccc(OC(C)C)cc1. The fourth-order valence-corrected chi connectivity index (χ4v) is 1.00. The largest absolute Gasteiger partial charge is 0.491 e. The molecule has 1 rings (SSSR count). The highest BCUT2D eigenvalue weighted by Gasteiger charge is 1.96. The Bertz CT molecular complexity index is 360. The zero-order valence-electron chi connectivity index (χ0n) is 8.81. The minimum absolute atomic E-state index is 0.170. The molecule has 1 aromatic carbocycles. The number of hydrogen-bond acceptors (Lipinski definition) is 3. The van der Waals surface area contributed by atoms with Crippen molar-refractivity contribution in [3.05, 3.63) is 24.3 Å². The van der Waals surface area contributed by atoms with Gasteiger partial charge >= 0.3 is 0 Å². The predicted octanol–water partition coefficient (Wildman–Crippen LogP) is 2.74. The summed E-state index contributed by atoms with van der Waals surface area (Å²) < 4.78 is 10.0. The van der Waals surface area contributed by atoms with E-state index in [2.05, 4.69) is 9.73 Å². The standard InChI is InChI=1S/C12H13NO2/c1-4-14-9-13-11-5-7-12(8-6-11)15-10(2)3/h1,5-10H,2-3H3. The Hall–Kier alpha value is -1.95. The molecule has 0 aliphatic heterocycles. The predicted molar refractivity (Wildman–Crippen MR) is 60.3 cm³/mol. The third kappa shape index (κ3) is 4.19. The van der Waals surface area contributed by atoms with E-state index in [1.165, 1.54) is 6.40 Å². The number of terminal acetylenes is 1. The first kappa shape index (κ1) is 11.1. The molecule has 0 radical (unpaired) electrons. The highest BCUT2D eigenvalue weighted by molar-refractivity contribution is 5.57. The van der Waals surface area contributed by atoms with Crippen molar-refractivity contribution >= 4 is 12.1 Å². The molecular formula is C12H13NO2. The van der Waals surface area contributed by atoms with Gasteiger partial charge < -0.3 is 9.47 Å². The summed E-state index contributed by atoms with van der Waals surface area (Å²) in [6, 6.07) is 7.35. The van der Waals surface area contributed by atoms with E-state index in [-0.39, 0.29) is 6.10 Å². The molecule has 3 nitrogen and oxygen atoms in total. The second-order valence-electron chi connectivity index (χ2n) is 3.13. The number of ether oxygens (including phenoxy) is 2. The Labute approximate surface area is 89.7 Å². The first-order valence-corrected chi connectivity index (χ1v) is 4.63. The van der Waals surface area contributed by atoms with Crippen molar-refractivity contribution in [2.24, 2.45) is 4.99 Å². The van der Waals surface area contributed by atoms with Crippen LogP contribution < -0.4 is 4.74 Å². The van der Waals surface area contributed by atoms with Crippen molar-refractivity contribution in [1.82, 2.24) is 0 Å². The van der Waals surface area contributed by atoms with Crippen molar-refractivity contribution in [3.63, 3.8) is 0 Å². The summed E-state index contributed by atoms with van der Waals surface area (Å²) in [6.45, 7) is 3.96. The lowest BCUT2D eigenvalue weighted by Gasteiger charge is -2.08. The summed E-state index contributed by atoms with van der Waals surface area (Å²) in [6.07, 6.45) is 8.28. The molecule has 0 aromatic heterocycles. The van der Waals surface area contributed by atoms with Gasteiger partial charge in [-0.15, -0.1) is 0 Å². The zero-order valence-corrected chi connectivity index (χ0v) is 8.81. The average molecular weight is 203 g/mol. The van der Waals surface area contributed by atoms with Crippen LogP contribution >= 0.6 is 0 Å². The maximum Gasteiger partial charge on any atom is 0.194 e. The van der Waals surface area contributed by atoms with Gasteiger partial charge in [-0.25, -0.2) is 4.99 Å². The van der Waals surface area contributed by atoms with Gasteiger partial charge in [0.15, 0.2) is 6.40 Å². The number of benzene rings is 1. The molecule has 15 heavy (non-hydrogen) atoms. The maximum absolute atomic E-state index is 5.48. The van der Waals surface area contributed by atoms with Gasteiger partial charge in [0.25, 0.3) is 0 Å². The highest BCUT2D eigenvalue weighted by Crippen LogP contribution is 2.18. The van der Waals surface area contributed by atoms with Gasteiger partial charge in [-0.3, -0.25) is 0 Å². The Kier molecular flexibility index (Phi) is 4.24. The van der Waals surface area contributed by atoms with Gasteiger partial charge in [-0.2, -0.15) is 0 Å². The molecule has 0 unspecified atom stereocenters. The van der Waals surface area contributed by atoms with Crippen LogP contribution in [0.15, 0.2) is 29.3 Å². The lowest BCUT2D eigenvalue weighted by molar-refractivity contribution is 0.242. The Morgan fingerprint density at radius 1 is 1.33 bits per heavy atom. The van der Waals surface area contributed by atoms with Crippen LogP contribution in [0.4, 0.5) is 5.69 Å². The van der Waals surface area contributed by atoms with Crippen LogP contribution in [0.5, 0.6) is 5.75 Å². The van der Waals surface area contributed by atoms with Gasteiger partial charge in [0.2, 0.25) is 0 Å². The smallest absolute Gasteiger partial charge is 0.194 e. The molecule has 0 heterocycles. The number of rotatable bonds is 4. The van der Waals surface area contributed by atoms with E-state index in [0.29, 0.717) is 0 Å². The molecule has 0 aliphatic carbocycles. The molecule has 3 heteroatoms. The van der Waals surface area contributed by atoms with Crippen LogP contribution in [-0.4, -0.2) is 12.5 Å². The van der Waals surface area contributed by atoms with E-state index < -0.39 is 0 Å². The molecule has 0 aliphatic rings. The van der Waals surface area contributed by atoms with Crippen molar-refractivity contribution in [1.29, 1.82) is 0 Å². The van der Waals surface area contributed by atoms with Gasteiger partial charge in [-0.05, 0) is 38.1 Å². The van der Waals surface area contributed by atoms with E-state index in [9.17, 15) is 0 Å². The van der Waals surface area contributed by atoms with Crippen molar-refractivity contribution in [2.45, 2.75) is 20.0 Å². The number of nitrogens with zero attached hydrogens (tertiary/aromatic N) is 1. The molecule has 0 spiro atoms. The Morgan fingerprint density at radius 3 is 2.53 bits per heavy atom. The molecule has 0 saturated carbocycles. The fourth-order valence-electron chi connectivity index (χ4n) is 1.00. The van der Waals surface area contributed by atoms with Crippen LogP contribution in [0, 0.1) is 12.5 Å². The quantitative estimate of drug-likeness (QED) is 0.428. The van der Waals surface area contributed by atoms with Crippen molar-refractivity contribution in [2.75, 3.05) is 0 Å².